The maximum atomic E-state index is 5.32. The Morgan fingerprint density at radius 1 is 1.46 bits per heavy atom. The molecule has 3 heteroatoms. The van der Waals surface area contributed by atoms with Crippen LogP contribution in [0.5, 0.6) is 6.01 Å². The zero-order valence-electron chi connectivity index (χ0n) is 8.24. The fourth-order valence-electron chi connectivity index (χ4n) is 0.717. The van der Waals surface area contributed by atoms with Crippen LogP contribution in [0.3, 0.4) is 0 Å². The van der Waals surface area contributed by atoms with Crippen molar-refractivity contribution in [2.75, 3.05) is 6.61 Å². The highest BCUT2D eigenvalue weighted by Gasteiger charge is 1.95. The highest BCUT2D eigenvalue weighted by Crippen LogP contribution is 2.03. The Labute approximate surface area is 78.5 Å². The van der Waals surface area contributed by atoms with E-state index in [1.165, 1.54) is 5.57 Å². The quantitative estimate of drug-likeness (QED) is 0.665. The highest BCUT2D eigenvalue weighted by molar-refractivity contribution is 5.06. The molecule has 0 bridgehead atoms. The third-order valence-corrected chi connectivity index (χ3v) is 1.68. The van der Waals surface area contributed by atoms with Gasteiger partial charge in [0.05, 0.1) is 0 Å². The van der Waals surface area contributed by atoms with Crippen LogP contribution in [0.15, 0.2) is 24.0 Å². The average molecular weight is 178 g/mol. The molecule has 0 unspecified atom stereocenters. The van der Waals surface area contributed by atoms with Crippen molar-refractivity contribution in [3.05, 3.63) is 29.6 Å². The molecule has 1 aromatic rings. The standard InChI is InChI=1S/C10H14N2O/c1-4-8(2)7-13-10-11-5-9(3)6-12-10/h4-6H,7H2,1-3H3/b8-4+. The van der Waals surface area contributed by atoms with Crippen molar-refractivity contribution in [1.82, 2.24) is 9.97 Å². The van der Waals surface area contributed by atoms with Gasteiger partial charge in [-0.2, -0.15) is 0 Å². The van der Waals surface area contributed by atoms with Crippen LogP contribution < -0.4 is 4.74 Å². The number of allylic oxidation sites excluding steroid dienone is 1. The maximum absolute atomic E-state index is 5.32. The van der Waals surface area contributed by atoms with Gasteiger partial charge in [0.15, 0.2) is 0 Å². The molecule has 0 aliphatic carbocycles. The summed E-state index contributed by atoms with van der Waals surface area (Å²) in [5, 5.41) is 0. The van der Waals surface area contributed by atoms with Crippen molar-refractivity contribution in [1.29, 1.82) is 0 Å². The van der Waals surface area contributed by atoms with Crippen molar-refractivity contribution in [2.24, 2.45) is 0 Å². The summed E-state index contributed by atoms with van der Waals surface area (Å²) in [7, 11) is 0. The number of nitrogens with zero attached hydrogens (tertiary/aromatic N) is 2. The van der Waals surface area contributed by atoms with E-state index in [1.54, 1.807) is 12.4 Å². The Bertz CT molecular complexity index is 290. The lowest BCUT2D eigenvalue weighted by atomic mass is 10.3. The smallest absolute Gasteiger partial charge is 0.316 e. The van der Waals surface area contributed by atoms with Crippen LogP contribution in [0.2, 0.25) is 0 Å². The van der Waals surface area contributed by atoms with E-state index in [0.717, 1.165) is 5.56 Å². The molecule has 13 heavy (non-hydrogen) atoms. The second-order valence-corrected chi connectivity index (χ2v) is 2.97. The lowest BCUT2D eigenvalue weighted by molar-refractivity contribution is 0.323. The van der Waals surface area contributed by atoms with Gasteiger partial charge in [-0.1, -0.05) is 6.08 Å². The molecule has 0 aliphatic heterocycles. The van der Waals surface area contributed by atoms with E-state index in [2.05, 4.69) is 9.97 Å². The molecule has 0 aliphatic rings. The Kier molecular flexibility index (Phi) is 3.43. The number of hydrogen-bond acceptors (Lipinski definition) is 3. The van der Waals surface area contributed by atoms with Crippen LogP contribution in [-0.2, 0) is 0 Å². The molecule has 0 N–H and O–H groups in total. The molecule has 0 saturated heterocycles. The Morgan fingerprint density at radius 2 is 2.08 bits per heavy atom. The van der Waals surface area contributed by atoms with Gasteiger partial charge in [0.1, 0.15) is 6.61 Å². The number of aromatic nitrogens is 2. The van der Waals surface area contributed by atoms with Gasteiger partial charge >= 0.3 is 6.01 Å². The first kappa shape index (κ1) is 9.71. The van der Waals surface area contributed by atoms with Crippen molar-refractivity contribution in [2.45, 2.75) is 20.8 Å². The normalized spacial score (nSPS) is 11.5. The average Bonchev–Trinajstić information content (AvgIpc) is 2.16. The molecule has 0 aromatic carbocycles. The van der Waals surface area contributed by atoms with E-state index in [9.17, 15) is 0 Å². The van der Waals surface area contributed by atoms with E-state index in [0.29, 0.717) is 12.6 Å². The Hall–Kier alpha value is -1.38. The predicted molar refractivity (Wildman–Crippen MR) is 51.7 cm³/mol. The summed E-state index contributed by atoms with van der Waals surface area (Å²) in [6.07, 6.45) is 5.49. The predicted octanol–water partition coefficient (Wildman–Crippen LogP) is 2.13. The van der Waals surface area contributed by atoms with Gasteiger partial charge in [-0.15, -0.1) is 0 Å². The molecule has 1 aromatic heterocycles. The fraction of sp³-hybridized carbons (Fsp3) is 0.400. The highest BCUT2D eigenvalue weighted by atomic mass is 16.5. The second kappa shape index (κ2) is 4.60. The molecule has 0 atom stereocenters. The summed E-state index contributed by atoms with van der Waals surface area (Å²) in [5.41, 5.74) is 2.21. The summed E-state index contributed by atoms with van der Waals surface area (Å²) in [6.45, 7) is 6.49. The molecule has 0 spiro atoms. The number of rotatable bonds is 3. The molecule has 3 nitrogen and oxygen atoms in total. The first-order valence-electron chi connectivity index (χ1n) is 4.25. The van der Waals surface area contributed by atoms with Crippen LogP contribution in [0, 0.1) is 6.92 Å². The van der Waals surface area contributed by atoms with Crippen LogP contribution in [-0.4, -0.2) is 16.6 Å². The molecule has 0 saturated carbocycles. The van der Waals surface area contributed by atoms with Crippen LogP contribution in [0.4, 0.5) is 0 Å². The first-order valence-corrected chi connectivity index (χ1v) is 4.25. The molecule has 1 rings (SSSR count). The number of aryl methyl sites for hydroxylation is 1. The minimum Gasteiger partial charge on any atom is -0.459 e. The van der Waals surface area contributed by atoms with Gasteiger partial charge in [-0.05, 0) is 31.9 Å². The molecule has 0 amide bonds. The third-order valence-electron chi connectivity index (χ3n) is 1.68. The third kappa shape index (κ3) is 3.23. The molecule has 0 radical (unpaired) electrons. The van der Waals surface area contributed by atoms with Crippen molar-refractivity contribution in [3.8, 4) is 6.01 Å². The number of hydrogen-bond donors (Lipinski definition) is 0. The second-order valence-electron chi connectivity index (χ2n) is 2.97. The lowest BCUT2D eigenvalue weighted by Gasteiger charge is -2.03. The van der Waals surface area contributed by atoms with E-state index < -0.39 is 0 Å². The first-order chi connectivity index (χ1) is 6.22. The van der Waals surface area contributed by atoms with Crippen molar-refractivity contribution < 1.29 is 4.74 Å². The van der Waals surface area contributed by atoms with Crippen molar-refractivity contribution in [3.63, 3.8) is 0 Å². The molecule has 70 valence electrons. The summed E-state index contributed by atoms with van der Waals surface area (Å²) < 4.78 is 5.32. The van der Waals surface area contributed by atoms with Gasteiger partial charge < -0.3 is 4.74 Å². The zero-order chi connectivity index (χ0) is 9.68. The number of ether oxygens (including phenoxy) is 1. The van der Waals surface area contributed by atoms with Gasteiger partial charge in [0.25, 0.3) is 0 Å². The molecular formula is C10H14N2O. The SMILES string of the molecule is C/C=C(\C)COc1ncc(C)cn1. The maximum Gasteiger partial charge on any atom is 0.316 e. The van der Waals surface area contributed by atoms with E-state index in [4.69, 9.17) is 4.74 Å². The fourth-order valence-corrected chi connectivity index (χ4v) is 0.717. The van der Waals surface area contributed by atoms with Gasteiger partial charge in [0.2, 0.25) is 0 Å². The topological polar surface area (TPSA) is 35.0 Å². The minimum atomic E-state index is 0.437. The van der Waals surface area contributed by atoms with Crippen molar-refractivity contribution >= 4 is 0 Å². The van der Waals surface area contributed by atoms with Crippen LogP contribution in [0.25, 0.3) is 0 Å². The van der Waals surface area contributed by atoms with E-state index in [-0.39, 0.29) is 0 Å². The summed E-state index contributed by atoms with van der Waals surface area (Å²) in [6, 6.07) is 0.437. The Morgan fingerprint density at radius 3 is 2.62 bits per heavy atom. The van der Waals surface area contributed by atoms with Gasteiger partial charge in [-0.3, -0.25) is 0 Å². The van der Waals surface area contributed by atoms with E-state index in [1.807, 2.05) is 26.8 Å². The minimum absolute atomic E-state index is 0.437. The zero-order valence-corrected chi connectivity index (χ0v) is 8.24. The van der Waals surface area contributed by atoms with Crippen LogP contribution >= 0.6 is 0 Å². The largest absolute Gasteiger partial charge is 0.459 e. The molecule has 0 fully saturated rings. The Balaban J connectivity index is 2.51. The molecule has 1 heterocycles. The monoisotopic (exact) mass is 178 g/mol. The summed E-state index contributed by atoms with van der Waals surface area (Å²) in [5.74, 6) is 0. The lowest BCUT2D eigenvalue weighted by Crippen LogP contribution is -2.01. The van der Waals surface area contributed by atoms with E-state index >= 15 is 0 Å². The van der Waals surface area contributed by atoms with Crippen LogP contribution in [0.1, 0.15) is 19.4 Å². The van der Waals surface area contributed by atoms with Gasteiger partial charge in [-0.25, -0.2) is 9.97 Å². The summed E-state index contributed by atoms with van der Waals surface area (Å²) >= 11 is 0. The molecular weight excluding hydrogens is 164 g/mol. The van der Waals surface area contributed by atoms with Gasteiger partial charge in [0, 0.05) is 12.4 Å². The summed E-state index contributed by atoms with van der Waals surface area (Å²) in [4.78, 5) is 8.05.